The number of ether oxygens (including phenoxy) is 1. The van der Waals surface area contributed by atoms with Crippen LogP contribution in [0.3, 0.4) is 0 Å². The molecule has 2 aromatic rings. The van der Waals surface area contributed by atoms with Crippen molar-refractivity contribution in [1.82, 2.24) is 9.62 Å². The molecule has 1 aromatic carbocycles. The zero-order valence-electron chi connectivity index (χ0n) is 15.2. The summed E-state index contributed by atoms with van der Waals surface area (Å²) in [5.74, 6) is -1.45. The van der Waals surface area contributed by atoms with E-state index in [1.165, 1.54) is 34.6 Å². The largest absolute Gasteiger partial charge is 0.573 e. The van der Waals surface area contributed by atoms with Crippen molar-refractivity contribution in [3.05, 3.63) is 47.7 Å². The van der Waals surface area contributed by atoms with Gasteiger partial charge in [0.2, 0.25) is 5.09 Å². The Bertz CT molecular complexity index is 966. The maximum absolute atomic E-state index is 12.6. The van der Waals surface area contributed by atoms with Gasteiger partial charge in [0.15, 0.2) is 5.76 Å². The summed E-state index contributed by atoms with van der Waals surface area (Å²) in [5.41, 5.74) is 0.103. The van der Waals surface area contributed by atoms with Gasteiger partial charge in [0.05, 0.1) is 0 Å². The van der Waals surface area contributed by atoms with Gasteiger partial charge in [0.1, 0.15) is 5.75 Å². The first-order valence-electron chi connectivity index (χ1n) is 8.89. The molecule has 2 heterocycles. The van der Waals surface area contributed by atoms with E-state index >= 15 is 0 Å². The van der Waals surface area contributed by atoms with E-state index in [0.717, 1.165) is 25.3 Å². The standard InChI is InChI=1S/C18H19F3N2O5S/c19-18(20,21)28-14-7-3-2-6-13(14)12-22-17(24)15-8-9-16(27-15)29(25,26)23-10-4-1-5-11-23/h2-3,6-9H,1,4-5,10-12H2,(H,22,24). The van der Waals surface area contributed by atoms with Crippen LogP contribution < -0.4 is 10.1 Å². The van der Waals surface area contributed by atoms with Crippen LogP contribution in [0.5, 0.6) is 5.75 Å². The Labute approximate surface area is 165 Å². The van der Waals surface area contributed by atoms with Crippen LogP contribution >= 0.6 is 0 Å². The van der Waals surface area contributed by atoms with Gasteiger partial charge in [-0.05, 0) is 31.0 Å². The number of rotatable bonds is 6. The van der Waals surface area contributed by atoms with Gasteiger partial charge in [0, 0.05) is 25.2 Å². The fraction of sp³-hybridized carbons (Fsp3) is 0.389. The fourth-order valence-corrected chi connectivity index (χ4v) is 4.38. The van der Waals surface area contributed by atoms with Crippen LogP contribution in [-0.2, 0) is 16.6 Å². The normalized spacial score (nSPS) is 15.8. The van der Waals surface area contributed by atoms with Crippen LogP contribution in [0.1, 0.15) is 35.4 Å². The number of benzene rings is 1. The fourth-order valence-electron chi connectivity index (χ4n) is 2.95. The lowest BCUT2D eigenvalue weighted by Crippen LogP contribution is -2.35. The second-order valence-electron chi connectivity index (χ2n) is 6.42. The Morgan fingerprint density at radius 2 is 1.79 bits per heavy atom. The molecular formula is C18H19F3N2O5S. The molecule has 29 heavy (non-hydrogen) atoms. The molecule has 0 unspecified atom stereocenters. The van der Waals surface area contributed by atoms with E-state index in [-0.39, 0.29) is 23.0 Å². The first-order valence-corrected chi connectivity index (χ1v) is 10.3. The third-order valence-electron chi connectivity index (χ3n) is 4.35. The summed E-state index contributed by atoms with van der Waals surface area (Å²) in [6, 6.07) is 7.78. The number of alkyl halides is 3. The highest BCUT2D eigenvalue weighted by molar-refractivity contribution is 7.89. The molecule has 158 valence electrons. The number of nitrogens with one attached hydrogen (secondary N) is 1. The van der Waals surface area contributed by atoms with Crippen LogP contribution in [0.2, 0.25) is 0 Å². The van der Waals surface area contributed by atoms with Gasteiger partial charge in [-0.3, -0.25) is 4.79 Å². The van der Waals surface area contributed by atoms with Crippen LogP contribution in [0.25, 0.3) is 0 Å². The molecule has 7 nitrogen and oxygen atoms in total. The minimum Gasteiger partial charge on any atom is -0.438 e. The Hall–Kier alpha value is -2.53. The third kappa shape index (κ3) is 5.30. The average molecular weight is 432 g/mol. The Morgan fingerprint density at radius 1 is 1.10 bits per heavy atom. The predicted molar refractivity (Wildman–Crippen MR) is 95.6 cm³/mol. The molecule has 1 amide bonds. The lowest BCUT2D eigenvalue weighted by Gasteiger charge is -2.24. The zero-order chi connectivity index (χ0) is 21.1. The van der Waals surface area contributed by atoms with Crippen molar-refractivity contribution in [2.45, 2.75) is 37.3 Å². The number of hydrogen-bond acceptors (Lipinski definition) is 5. The molecule has 0 radical (unpaired) electrons. The van der Waals surface area contributed by atoms with E-state index in [2.05, 4.69) is 10.1 Å². The van der Waals surface area contributed by atoms with Crippen LogP contribution in [0.15, 0.2) is 45.9 Å². The van der Waals surface area contributed by atoms with E-state index in [1.54, 1.807) is 0 Å². The molecule has 0 bridgehead atoms. The summed E-state index contributed by atoms with van der Waals surface area (Å²) >= 11 is 0. The summed E-state index contributed by atoms with van der Waals surface area (Å²) in [6.07, 6.45) is -2.39. The number of carbonyl (C=O) groups is 1. The first kappa shape index (κ1) is 21.2. The SMILES string of the molecule is O=C(NCc1ccccc1OC(F)(F)F)c1ccc(S(=O)(=O)N2CCCCC2)o1. The number of carbonyl (C=O) groups excluding carboxylic acids is 1. The molecule has 3 rings (SSSR count). The quantitative estimate of drug-likeness (QED) is 0.757. The molecule has 0 aliphatic carbocycles. The van der Waals surface area contributed by atoms with Crippen molar-refractivity contribution in [2.24, 2.45) is 0 Å². The summed E-state index contributed by atoms with van der Waals surface area (Å²) in [5, 5.41) is 2.06. The molecule has 1 aromatic heterocycles. The van der Waals surface area contributed by atoms with E-state index in [9.17, 15) is 26.4 Å². The molecule has 0 atom stereocenters. The number of amides is 1. The van der Waals surface area contributed by atoms with Crippen molar-refractivity contribution in [1.29, 1.82) is 0 Å². The summed E-state index contributed by atoms with van der Waals surface area (Å²) in [4.78, 5) is 12.3. The lowest BCUT2D eigenvalue weighted by atomic mass is 10.2. The second-order valence-corrected chi connectivity index (χ2v) is 8.29. The zero-order valence-corrected chi connectivity index (χ0v) is 16.1. The number of nitrogens with zero attached hydrogens (tertiary/aromatic N) is 1. The number of furan rings is 1. The Balaban J connectivity index is 1.67. The van der Waals surface area contributed by atoms with E-state index in [0.29, 0.717) is 13.1 Å². The molecule has 0 saturated carbocycles. The number of piperidine rings is 1. The van der Waals surface area contributed by atoms with Gasteiger partial charge in [-0.2, -0.15) is 4.31 Å². The highest BCUT2D eigenvalue weighted by atomic mass is 32.2. The number of para-hydroxylation sites is 1. The summed E-state index contributed by atoms with van der Waals surface area (Å²) in [7, 11) is -3.83. The molecule has 1 aliphatic heterocycles. The third-order valence-corrected chi connectivity index (χ3v) is 6.12. The highest BCUT2D eigenvalue weighted by Crippen LogP contribution is 2.26. The topological polar surface area (TPSA) is 88.8 Å². The molecule has 1 saturated heterocycles. The molecule has 1 fully saturated rings. The molecule has 1 N–H and O–H groups in total. The summed E-state index contributed by atoms with van der Waals surface area (Å²) in [6.45, 7) is 0.515. The highest BCUT2D eigenvalue weighted by Gasteiger charge is 2.32. The molecule has 1 aliphatic rings. The van der Waals surface area contributed by atoms with Gasteiger partial charge in [-0.1, -0.05) is 24.6 Å². The van der Waals surface area contributed by atoms with Crippen LogP contribution in [-0.4, -0.2) is 38.1 Å². The first-order chi connectivity index (χ1) is 13.7. The lowest BCUT2D eigenvalue weighted by molar-refractivity contribution is -0.274. The van der Waals surface area contributed by atoms with Gasteiger partial charge in [0.25, 0.3) is 15.9 Å². The van der Waals surface area contributed by atoms with E-state index < -0.39 is 28.0 Å². The van der Waals surface area contributed by atoms with Crippen LogP contribution in [0.4, 0.5) is 13.2 Å². The van der Waals surface area contributed by atoms with Crippen molar-refractivity contribution in [3.8, 4) is 5.75 Å². The second kappa shape index (κ2) is 8.46. The van der Waals surface area contributed by atoms with Crippen molar-refractivity contribution in [2.75, 3.05) is 13.1 Å². The van der Waals surface area contributed by atoms with Crippen molar-refractivity contribution >= 4 is 15.9 Å². The number of hydrogen-bond donors (Lipinski definition) is 1. The van der Waals surface area contributed by atoms with Gasteiger partial charge >= 0.3 is 6.36 Å². The molecule has 11 heteroatoms. The Morgan fingerprint density at radius 3 is 2.48 bits per heavy atom. The summed E-state index contributed by atoms with van der Waals surface area (Å²) < 4.78 is 73.0. The number of sulfonamides is 1. The van der Waals surface area contributed by atoms with Crippen LogP contribution in [0, 0.1) is 0 Å². The molecular weight excluding hydrogens is 413 g/mol. The Kier molecular flexibility index (Phi) is 6.18. The average Bonchev–Trinajstić information content (AvgIpc) is 3.18. The maximum Gasteiger partial charge on any atom is 0.573 e. The van der Waals surface area contributed by atoms with Crippen molar-refractivity contribution in [3.63, 3.8) is 0 Å². The number of halogens is 3. The van der Waals surface area contributed by atoms with Gasteiger partial charge in [-0.15, -0.1) is 13.2 Å². The smallest absolute Gasteiger partial charge is 0.438 e. The van der Waals surface area contributed by atoms with Gasteiger partial charge < -0.3 is 14.5 Å². The monoisotopic (exact) mass is 432 g/mol. The maximum atomic E-state index is 12.6. The minimum absolute atomic E-state index is 0.103. The minimum atomic E-state index is -4.86. The van der Waals surface area contributed by atoms with Crippen molar-refractivity contribution < 1.29 is 35.5 Å². The van der Waals surface area contributed by atoms with E-state index in [4.69, 9.17) is 4.42 Å². The van der Waals surface area contributed by atoms with E-state index in [1.807, 2.05) is 0 Å². The molecule has 0 spiro atoms. The predicted octanol–water partition coefficient (Wildman–Crippen LogP) is 3.28. The van der Waals surface area contributed by atoms with Gasteiger partial charge in [-0.25, -0.2) is 8.42 Å².